The number of rotatable bonds is 3. The van der Waals surface area contributed by atoms with Crippen molar-refractivity contribution < 1.29 is 9.72 Å². The maximum Gasteiger partial charge on any atom is 0.273 e. The van der Waals surface area contributed by atoms with Gasteiger partial charge >= 0.3 is 0 Å². The molecule has 1 aliphatic heterocycles. The number of piperidine rings is 1. The first-order valence-corrected chi connectivity index (χ1v) is 7.07. The summed E-state index contributed by atoms with van der Waals surface area (Å²) in [4.78, 5) is 24.7. The first-order valence-electron chi connectivity index (χ1n) is 7.07. The second-order valence-electron chi connectivity index (χ2n) is 6.26. The normalized spacial score (nSPS) is 21.1. The molecule has 0 spiro atoms. The molecule has 1 atom stereocenters. The van der Waals surface area contributed by atoms with E-state index in [1.54, 1.807) is 23.1 Å². The van der Waals surface area contributed by atoms with E-state index in [0.29, 0.717) is 18.7 Å². The zero-order valence-electron chi connectivity index (χ0n) is 12.4. The molecule has 0 bridgehead atoms. The van der Waals surface area contributed by atoms with Gasteiger partial charge in [-0.15, -0.1) is 0 Å². The predicted octanol–water partition coefficient (Wildman–Crippen LogP) is 1.72. The third-order valence-electron chi connectivity index (χ3n) is 4.19. The molecular weight excluding hydrogens is 270 g/mol. The van der Waals surface area contributed by atoms with Gasteiger partial charge in [0.2, 0.25) is 5.91 Å². The van der Waals surface area contributed by atoms with Gasteiger partial charge < -0.3 is 10.6 Å². The molecule has 2 rings (SSSR count). The Morgan fingerprint density at radius 3 is 2.76 bits per heavy atom. The monoisotopic (exact) mass is 291 g/mol. The van der Waals surface area contributed by atoms with Crippen LogP contribution in [0.3, 0.4) is 0 Å². The molecule has 6 heteroatoms. The Morgan fingerprint density at radius 2 is 2.14 bits per heavy atom. The zero-order chi connectivity index (χ0) is 15.6. The molecule has 1 saturated heterocycles. The van der Waals surface area contributed by atoms with E-state index in [2.05, 4.69) is 0 Å². The number of likely N-dealkylation sites (tertiary alicyclic amines) is 1. The van der Waals surface area contributed by atoms with Crippen LogP contribution < -0.4 is 5.73 Å². The van der Waals surface area contributed by atoms with Gasteiger partial charge in [0.1, 0.15) is 0 Å². The Kier molecular flexibility index (Phi) is 4.27. The fourth-order valence-electron chi connectivity index (χ4n) is 2.70. The number of carbonyl (C=O) groups is 1. The molecule has 0 radical (unpaired) electrons. The maximum atomic E-state index is 12.4. The van der Waals surface area contributed by atoms with Crippen LogP contribution >= 0.6 is 0 Å². The van der Waals surface area contributed by atoms with Crippen molar-refractivity contribution in [1.29, 1.82) is 0 Å². The first kappa shape index (κ1) is 15.4. The summed E-state index contributed by atoms with van der Waals surface area (Å²) < 4.78 is 0. The average molecular weight is 291 g/mol. The second kappa shape index (κ2) is 5.81. The van der Waals surface area contributed by atoms with E-state index in [0.717, 1.165) is 6.42 Å². The standard InChI is InChI=1S/C15H21N3O3/c1-15(2)10-17(8-7-13(15)16)14(19)9-11-5-3-4-6-12(11)18(20)21/h3-6,13H,7-10,16H2,1-2H3. The molecule has 1 aromatic carbocycles. The molecule has 21 heavy (non-hydrogen) atoms. The molecule has 1 aromatic rings. The van der Waals surface area contributed by atoms with Crippen molar-refractivity contribution in [2.75, 3.05) is 13.1 Å². The highest BCUT2D eigenvalue weighted by Gasteiger charge is 2.35. The molecule has 0 aliphatic carbocycles. The van der Waals surface area contributed by atoms with Crippen LogP contribution in [0.5, 0.6) is 0 Å². The van der Waals surface area contributed by atoms with Crippen molar-refractivity contribution in [2.24, 2.45) is 11.1 Å². The van der Waals surface area contributed by atoms with Gasteiger partial charge in [-0.3, -0.25) is 14.9 Å². The minimum absolute atomic E-state index is 0.00109. The third kappa shape index (κ3) is 3.39. The fraction of sp³-hybridized carbons (Fsp3) is 0.533. The van der Waals surface area contributed by atoms with Gasteiger partial charge in [-0.05, 0) is 11.8 Å². The lowest BCUT2D eigenvalue weighted by Gasteiger charge is -2.42. The third-order valence-corrected chi connectivity index (χ3v) is 4.19. The van der Waals surface area contributed by atoms with E-state index in [1.165, 1.54) is 6.07 Å². The average Bonchev–Trinajstić information content (AvgIpc) is 2.42. The van der Waals surface area contributed by atoms with E-state index < -0.39 is 4.92 Å². The molecule has 0 saturated carbocycles. The topological polar surface area (TPSA) is 89.5 Å². The number of nitro benzene ring substituents is 1. The van der Waals surface area contributed by atoms with Crippen LogP contribution in [0, 0.1) is 15.5 Å². The Bertz CT molecular complexity index is 557. The summed E-state index contributed by atoms with van der Waals surface area (Å²) >= 11 is 0. The summed E-state index contributed by atoms with van der Waals surface area (Å²) in [6, 6.07) is 6.46. The second-order valence-corrected chi connectivity index (χ2v) is 6.26. The fourth-order valence-corrected chi connectivity index (χ4v) is 2.70. The maximum absolute atomic E-state index is 12.4. The molecule has 114 valence electrons. The van der Waals surface area contributed by atoms with Gasteiger partial charge in [-0.25, -0.2) is 0 Å². The Balaban J connectivity index is 2.11. The first-order chi connectivity index (χ1) is 9.81. The lowest BCUT2D eigenvalue weighted by molar-refractivity contribution is -0.385. The Hall–Kier alpha value is -1.95. The number of benzene rings is 1. The number of nitrogens with zero attached hydrogens (tertiary/aromatic N) is 2. The summed E-state index contributed by atoms with van der Waals surface area (Å²) in [5.41, 5.74) is 6.39. The molecule has 1 unspecified atom stereocenters. The number of hydrogen-bond donors (Lipinski definition) is 1. The molecule has 0 aromatic heterocycles. The number of para-hydroxylation sites is 1. The van der Waals surface area contributed by atoms with Crippen LogP contribution in [0.1, 0.15) is 25.8 Å². The molecule has 1 amide bonds. The summed E-state index contributed by atoms with van der Waals surface area (Å²) in [5, 5.41) is 11.0. The number of nitro groups is 1. The van der Waals surface area contributed by atoms with Crippen molar-refractivity contribution in [1.82, 2.24) is 4.90 Å². The van der Waals surface area contributed by atoms with Gasteiger partial charge in [-0.1, -0.05) is 32.0 Å². The van der Waals surface area contributed by atoms with Gasteiger partial charge in [0.05, 0.1) is 11.3 Å². The van der Waals surface area contributed by atoms with Crippen LogP contribution in [0.4, 0.5) is 5.69 Å². The number of hydrogen-bond acceptors (Lipinski definition) is 4. The lowest BCUT2D eigenvalue weighted by Crippen LogP contribution is -2.54. The lowest BCUT2D eigenvalue weighted by atomic mass is 9.79. The number of carbonyl (C=O) groups excluding carboxylic acids is 1. The number of amides is 1. The van der Waals surface area contributed by atoms with E-state index >= 15 is 0 Å². The van der Waals surface area contributed by atoms with E-state index in [1.807, 2.05) is 13.8 Å². The molecular formula is C15H21N3O3. The molecule has 1 fully saturated rings. The van der Waals surface area contributed by atoms with Crippen LogP contribution in [0.25, 0.3) is 0 Å². The van der Waals surface area contributed by atoms with Crippen molar-refractivity contribution in [3.05, 3.63) is 39.9 Å². The van der Waals surface area contributed by atoms with Gasteiger partial charge in [-0.2, -0.15) is 0 Å². The van der Waals surface area contributed by atoms with Gasteiger partial charge in [0.15, 0.2) is 0 Å². The highest BCUT2D eigenvalue weighted by atomic mass is 16.6. The smallest absolute Gasteiger partial charge is 0.273 e. The quantitative estimate of drug-likeness (QED) is 0.678. The Labute approximate surface area is 124 Å². The van der Waals surface area contributed by atoms with Crippen LogP contribution in [0.2, 0.25) is 0 Å². The van der Waals surface area contributed by atoms with Crippen molar-refractivity contribution >= 4 is 11.6 Å². The van der Waals surface area contributed by atoms with Gasteiger partial charge in [0.25, 0.3) is 5.69 Å². The van der Waals surface area contributed by atoms with Crippen molar-refractivity contribution in [3.63, 3.8) is 0 Å². The minimum Gasteiger partial charge on any atom is -0.342 e. The molecule has 2 N–H and O–H groups in total. The largest absolute Gasteiger partial charge is 0.342 e. The highest BCUT2D eigenvalue weighted by Crippen LogP contribution is 2.28. The summed E-state index contributed by atoms with van der Waals surface area (Å²) in [6.07, 6.45) is 0.818. The van der Waals surface area contributed by atoms with E-state index in [4.69, 9.17) is 5.73 Å². The van der Waals surface area contributed by atoms with E-state index in [-0.39, 0.29) is 29.5 Å². The molecule has 1 aliphatic rings. The summed E-state index contributed by atoms with van der Waals surface area (Å²) in [6.45, 7) is 5.29. The van der Waals surface area contributed by atoms with Crippen LogP contribution in [-0.4, -0.2) is 34.9 Å². The molecule has 6 nitrogen and oxygen atoms in total. The van der Waals surface area contributed by atoms with Crippen LogP contribution in [-0.2, 0) is 11.2 Å². The summed E-state index contributed by atoms with van der Waals surface area (Å²) in [7, 11) is 0. The predicted molar refractivity (Wildman–Crippen MR) is 79.8 cm³/mol. The minimum atomic E-state index is -0.446. The van der Waals surface area contributed by atoms with Crippen LogP contribution in [0.15, 0.2) is 24.3 Å². The molecule has 1 heterocycles. The zero-order valence-corrected chi connectivity index (χ0v) is 12.4. The van der Waals surface area contributed by atoms with Gasteiger partial charge in [0, 0.05) is 30.8 Å². The van der Waals surface area contributed by atoms with E-state index in [9.17, 15) is 14.9 Å². The summed E-state index contributed by atoms with van der Waals surface area (Å²) in [5.74, 6) is -0.0794. The Morgan fingerprint density at radius 1 is 1.48 bits per heavy atom. The SMILES string of the molecule is CC1(C)CN(C(=O)Cc2ccccc2[N+](=O)[O-])CCC1N. The highest BCUT2D eigenvalue weighted by molar-refractivity contribution is 5.80. The van der Waals surface area contributed by atoms with Crippen molar-refractivity contribution in [2.45, 2.75) is 32.7 Å². The van der Waals surface area contributed by atoms with Crippen molar-refractivity contribution in [3.8, 4) is 0 Å². The number of nitrogens with two attached hydrogens (primary N) is 1.